The van der Waals surface area contributed by atoms with Crippen LogP contribution in [0, 0.1) is 17.8 Å². The van der Waals surface area contributed by atoms with Gasteiger partial charge >= 0.3 is 0 Å². The zero-order valence-electron chi connectivity index (χ0n) is 15.5. The Bertz CT molecular complexity index is 498. The standard InChI is InChI=1S/C20H33N/c1-10-13(4)14(5)19(12(2)3)11-21-18(9)20-16(7)15(6)17(20)8/h11,15-17H,10H2,1-9H3. The van der Waals surface area contributed by atoms with Crippen molar-refractivity contribution < 1.29 is 0 Å². The van der Waals surface area contributed by atoms with E-state index in [-0.39, 0.29) is 0 Å². The van der Waals surface area contributed by atoms with Crippen LogP contribution >= 0.6 is 0 Å². The Morgan fingerprint density at radius 1 is 1.00 bits per heavy atom. The fourth-order valence-corrected chi connectivity index (χ4v) is 3.29. The SMILES string of the molecule is CCC(C)=C(C)C(C=NC(C)=C1C(C)C(C)C1C)=C(C)C. The maximum Gasteiger partial charge on any atom is 0.0370 e. The summed E-state index contributed by atoms with van der Waals surface area (Å²) in [4.78, 5) is 4.80. The average molecular weight is 287 g/mol. The predicted molar refractivity (Wildman–Crippen MR) is 95.7 cm³/mol. The van der Waals surface area contributed by atoms with E-state index in [4.69, 9.17) is 4.99 Å². The van der Waals surface area contributed by atoms with E-state index in [1.807, 2.05) is 0 Å². The highest BCUT2D eigenvalue weighted by atomic mass is 14.7. The third-order valence-corrected chi connectivity index (χ3v) is 5.48. The first-order valence-electron chi connectivity index (χ1n) is 8.31. The van der Waals surface area contributed by atoms with Gasteiger partial charge in [0.15, 0.2) is 0 Å². The van der Waals surface area contributed by atoms with Gasteiger partial charge in [0.05, 0.1) is 0 Å². The van der Waals surface area contributed by atoms with Gasteiger partial charge in [0.25, 0.3) is 0 Å². The van der Waals surface area contributed by atoms with E-state index in [0.29, 0.717) is 11.8 Å². The van der Waals surface area contributed by atoms with E-state index < -0.39 is 0 Å². The second-order valence-electron chi connectivity index (χ2n) is 6.91. The van der Waals surface area contributed by atoms with Crippen LogP contribution in [0.25, 0.3) is 0 Å². The van der Waals surface area contributed by atoms with Gasteiger partial charge in [-0.3, -0.25) is 4.99 Å². The van der Waals surface area contributed by atoms with Crippen molar-refractivity contribution in [1.82, 2.24) is 0 Å². The fourth-order valence-electron chi connectivity index (χ4n) is 3.29. The average Bonchev–Trinajstić information content (AvgIpc) is 2.45. The van der Waals surface area contributed by atoms with Crippen LogP contribution in [0.4, 0.5) is 0 Å². The molecule has 0 N–H and O–H groups in total. The molecule has 21 heavy (non-hydrogen) atoms. The van der Waals surface area contributed by atoms with E-state index in [1.165, 1.54) is 28.0 Å². The van der Waals surface area contributed by atoms with E-state index >= 15 is 0 Å². The molecule has 2 unspecified atom stereocenters. The maximum atomic E-state index is 4.80. The van der Waals surface area contributed by atoms with Gasteiger partial charge in [0.2, 0.25) is 0 Å². The molecule has 0 aliphatic heterocycles. The summed E-state index contributed by atoms with van der Waals surface area (Å²) in [5.74, 6) is 2.15. The van der Waals surface area contributed by atoms with Crippen molar-refractivity contribution in [3.05, 3.63) is 33.6 Å². The second kappa shape index (κ2) is 7.24. The van der Waals surface area contributed by atoms with Crippen LogP contribution in [0.3, 0.4) is 0 Å². The molecule has 1 fully saturated rings. The second-order valence-corrected chi connectivity index (χ2v) is 6.91. The van der Waals surface area contributed by atoms with Crippen LogP contribution in [-0.2, 0) is 0 Å². The van der Waals surface area contributed by atoms with E-state index in [2.05, 4.69) is 68.5 Å². The molecule has 1 aliphatic carbocycles. The topological polar surface area (TPSA) is 12.4 Å². The van der Waals surface area contributed by atoms with Gasteiger partial charge in [-0.1, -0.05) is 38.8 Å². The van der Waals surface area contributed by atoms with Crippen molar-refractivity contribution in [1.29, 1.82) is 0 Å². The third-order valence-electron chi connectivity index (χ3n) is 5.48. The normalized spacial score (nSPS) is 26.5. The lowest BCUT2D eigenvalue weighted by molar-refractivity contribution is 0.221. The third kappa shape index (κ3) is 3.75. The Morgan fingerprint density at radius 3 is 1.95 bits per heavy atom. The minimum atomic E-state index is 0.682. The zero-order valence-corrected chi connectivity index (χ0v) is 15.5. The molecule has 0 spiro atoms. The van der Waals surface area contributed by atoms with Crippen molar-refractivity contribution in [2.75, 3.05) is 0 Å². The lowest BCUT2D eigenvalue weighted by atomic mass is 9.62. The monoisotopic (exact) mass is 287 g/mol. The summed E-state index contributed by atoms with van der Waals surface area (Å²) in [6, 6.07) is 0. The number of allylic oxidation sites excluding steroid dienone is 6. The summed E-state index contributed by atoms with van der Waals surface area (Å²) in [5, 5.41) is 0. The Morgan fingerprint density at radius 2 is 1.52 bits per heavy atom. The molecule has 0 heterocycles. The molecule has 0 saturated heterocycles. The van der Waals surface area contributed by atoms with Gasteiger partial charge in [-0.15, -0.1) is 0 Å². The van der Waals surface area contributed by atoms with Crippen LogP contribution in [0.2, 0.25) is 0 Å². The highest BCUT2D eigenvalue weighted by Gasteiger charge is 2.37. The Labute approximate surface area is 131 Å². The predicted octanol–water partition coefficient (Wildman–Crippen LogP) is 6.34. The van der Waals surface area contributed by atoms with Crippen molar-refractivity contribution in [3.8, 4) is 0 Å². The number of rotatable bonds is 4. The van der Waals surface area contributed by atoms with Gasteiger partial charge in [0, 0.05) is 11.9 Å². The minimum Gasteiger partial charge on any atom is -0.261 e. The highest BCUT2D eigenvalue weighted by molar-refractivity contribution is 5.86. The van der Waals surface area contributed by atoms with E-state index in [0.717, 1.165) is 12.3 Å². The number of hydrogen-bond donors (Lipinski definition) is 0. The molecule has 1 heteroatoms. The van der Waals surface area contributed by atoms with Crippen LogP contribution < -0.4 is 0 Å². The quantitative estimate of drug-likeness (QED) is 0.423. The Kier molecular flexibility index (Phi) is 6.19. The number of aliphatic imine (C=N–C) groups is 1. The fraction of sp³-hybridized carbons (Fsp3) is 0.650. The molecule has 0 amide bonds. The van der Waals surface area contributed by atoms with Gasteiger partial charge in [-0.05, 0) is 75.5 Å². The molecular weight excluding hydrogens is 254 g/mol. The lowest BCUT2D eigenvalue weighted by Crippen LogP contribution is -2.34. The van der Waals surface area contributed by atoms with Gasteiger partial charge in [0.1, 0.15) is 0 Å². The van der Waals surface area contributed by atoms with Crippen LogP contribution in [0.1, 0.15) is 68.7 Å². The van der Waals surface area contributed by atoms with Crippen LogP contribution in [0.5, 0.6) is 0 Å². The minimum absolute atomic E-state index is 0.682. The molecule has 0 bridgehead atoms. The molecule has 1 aliphatic rings. The van der Waals surface area contributed by atoms with Crippen LogP contribution in [0.15, 0.2) is 38.6 Å². The summed E-state index contributed by atoms with van der Waals surface area (Å²) in [6.45, 7) is 20.2. The molecular formula is C20H33N. The Hall–Kier alpha value is -1.11. The van der Waals surface area contributed by atoms with Crippen LogP contribution in [-0.4, -0.2) is 6.21 Å². The van der Waals surface area contributed by atoms with E-state index in [1.54, 1.807) is 5.57 Å². The highest BCUT2D eigenvalue weighted by Crippen LogP contribution is 2.46. The smallest absolute Gasteiger partial charge is 0.0370 e. The van der Waals surface area contributed by atoms with Gasteiger partial charge in [-0.25, -0.2) is 0 Å². The number of nitrogens with zero attached hydrogens (tertiary/aromatic N) is 1. The van der Waals surface area contributed by atoms with Crippen molar-refractivity contribution in [2.24, 2.45) is 22.7 Å². The van der Waals surface area contributed by atoms with E-state index in [9.17, 15) is 0 Å². The molecule has 1 nitrogen and oxygen atoms in total. The summed E-state index contributed by atoms with van der Waals surface area (Å²) >= 11 is 0. The largest absolute Gasteiger partial charge is 0.261 e. The summed E-state index contributed by atoms with van der Waals surface area (Å²) in [7, 11) is 0. The molecule has 118 valence electrons. The Balaban J connectivity index is 3.08. The molecule has 1 rings (SSSR count). The van der Waals surface area contributed by atoms with Gasteiger partial charge in [-0.2, -0.15) is 0 Å². The van der Waals surface area contributed by atoms with Crippen molar-refractivity contribution in [2.45, 2.75) is 68.7 Å². The summed E-state index contributed by atoms with van der Waals surface area (Å²) < 4.78 is 0. The first kappa shape index (κ1) is 17.9. The van der Waals surface area contributed by atoms with Crippen molar-refractivity contribution in [3.63, 3.8) is 0 Å². The molecule has 2 atom stereocenters. The molecule has 0 aromatic rings. The molecule has 0 radical (unpaired) electrons. The van der Waals surface area contributed by atoms with Gasteiger partial charge < -0.3 is 0 Å². The molecule has 0 aromatic carbocycles. The summed E-state index contributed by atoms with van der Waals surface area (Å²) in [6.07, 6.45) is 3.18. The lowest BCUT2D eigenvalue weighted by Gasteiger charge is -2.43. The first-order chi connectivity index (χ1) is 9.72. The summed E-state index contributed by atoms with van der Waals surface area (Å²) in [5.41, 5.74) is 8.21. The molecule has 1 saturated carbocycles. The van der Waals surface area contributed by atoms with Crippen molar-refractivity contribution >= 4 is 6.21 Å². The maximum absolute atomic E-state index is 4.80. The number of hydrogen-bond acceptors (Lipinski definition) is 1. The first-order valence-corrected chi connectivity index (χ1v) is 8.31. The molecule has 0 aromatic heterocycles. The zero-order chi connectivity index (χ0) is 16.3.